The lowest BCUT2D eigenvalue weighted by atomic mass is 10.1. The number of hydrogen-bond acceptors (Lipinski definition) is 6. The van der Waals surface area contributed by atoms with Crippen molar-refractivity contribution in [2.45, 2.75) is 23.7 Å². The van der Waals surface area contributed by atoms with Gasteiger partial charge < -0.3 is 19.7 Å². The summed E-state index contributed by atoms with van der Waals surface area (Å²) < 4.78 is 10.1. The standard InChI is InChI=1S/C13H16O5S/c1-17-13-11(15)10(14)9(7-18-13)19-12(16)8-5-3-2-4-6-8/h2-6,9-11,13-15H,7H2,1H3/t9-,10-,11-,13+/m1/s1. The van der Waals surface area contributed by atoms with Gasteiger partial charge in [-0.15, -0.1) is 0 Å². The highest BCUT2D eigenvalue weighted by Gasteiger charge is 2.39. The number of aliphatic hydroxyl groups is 2. The molecule has 6 heteroatoms. The van der Waals surface area contributed by atoms with Gasteiger partial charge in [-0.05, 0) is 0 Å². The molecule has 104 valence electrons. The van der Waals surface area contributed by atoms with E-state index < -0.39 is 23.7 Å². The molecule has 5 nitrogen and oxygen atoms in total. The van der Waals surface area contributed by atoms with Gasteiger partial charge in [0.05, 0.1) is 18.0 Å². The Morgan fingerprint density at radius 3 is 2.63 bits per heavy atom. The number of hydrogen-bond donors (Lipinski definition) is 2. The molecular formula is C13H16O5S. The lowest BCUT2D eigenvalue weighted by molar-refractivity contribution is -0.229. The number of rotatable bonds is 3. The van der Waals surface area contributed by atoms with Gasteiger partial charge in [-0.2, -0.15) is 0 Å². The lowest BCUT2D eigenvalue weighted by Crippen LogP contribution is -2.52. The smallest absolute Gasteiger partial charge is 0.219 e. The van der Waals surface area contributed by atoms with E-state index in [1.54, 1.807) is 24.3 Å². The van der Waals surface area contributed by atoms with Crippen molar-refractivity contribution >= 4 is 16.9 Å². The summed E-state index contributed by atoms with van der Waals surface area (Å²) in [6, 6.07) is 8.79. The highest BCUT2D eigenvalue weighted by atomic mass is 32.2. The first kappa shape index (κ1) is 14.5. The molecule has 1 heterocycles. The zero-order chi connectivity index (χ0) is 13.8. The molecule has 1 fully saturated rings. The van der Waals surface area contributed by atoms with Crippen molar-refractivity contribution in [1.29, 1.82) is 0 Å². The van der Waals surface area contributed by atoms with E-state index in [4.69, 9.17) is 9.47 Å². The minimum atomic E-state index is -1.15. The van der Waals surface area contributed by atoms with Crippen molar-refractivity contribution < 1.29 is 24.5 Å². The fourth-order valence-corrected chi connectivity index (χ4v) is 2.85. The van der Waals surface area contributed by atoms with Crippen LogP contribution in [0.15, 0.2) is 30.3 Å². The summed E-state index contributed by atoms with van der Waals surface area (Å²) in [5, 5.41) is 19.1. The van der Waals surface area contributed by atoms with E-state index in [2.05, 4.69) is 0 Å². The molecule has 0 radical (unpaired) electrons. The van der Waals surface area contributed by atoms with Crippen LogP contribution in [-0.2, 0) is 9.47 Å². The van der Waals surface area contributed by atoms with Crippen LogP contribution in [0, 0.1) is 0 Å². The van der Waals surface area contributed by atoms with Gasteiger partial charge in [-0.25, -0.2) is 0 Å². The summed E-state index contributed by atoms with van der Waals surface area (Å²) in [5.41, 5.74) is 0.558. The fraction of sp³-hybridized carbons (Fsp3) is 0.462. The highest BCUT2D eigenvalue weighted by Crippen LogP contribution is 2.27. The highest BCUT2D eigenvalue weighted by molar-refractivity contribution is 8.14. The van der Waals surface area contributed by atoms with Crippen LogP contribution >= 0.6 is 11.8 Å². The molecule has 0 aliphatic carbocycles. The maximum absolute atomic E-state index is 12.0. The van der Waals surface area contributed by atoms with E-state index in [1.165, 1.54) is 7.11 Å². The van der Waals surface area contributed by atoms with Crippen molar-refractivity contribution in [2.75, 3.05) is 13.7 Å². The maximum atomic E-state index is 12.0. The number of carbonyl (C=O) groups is 1. The molecule has 4 atom stereocenters. The summed E-state index contributed by atoms with van der Waals surface area (Å²) in [6.07, 6.45) is -3.06. The first-order chi connectivity index (χ1) is 9.13. The molecule has 0 amide bonds. The minimum Gasteiger partial charge on any atom is -0.389 e. The lowest BCUT2D eigenvalue weighted by Gasteiger charge is -2.35. The topological polar surface area (TPSA) is 76.0 Å². The molecule has 2 N–H and O–H groups in total. The summed E-state index contributed by atoms with van der Waals surface area (Å²) in [5.74, 6) is 0. The number of thioether (sulfide) groups is 1. The van der Waals surface area contributed by atoms with Gasteiger partial charge >= 0.3 is 0 Å². The van der Waals surface area contributed by atoms with Crippen LogP contribution in [0.25, 0.3) is 0 Å². The second-order valence-corrected chi connectivity index (χ2v) is 5.44. The van der Waals surface area contributed by atoms with Gasteiger partial charge in [-0.1, -0.05) is 42.1 Å². The molecule has 1 aromatic rings. The maximum Gasteiger partial charge on any atom is 0.219 e. The Labute approximate surface area is 115 Å². The summed E-state index contributed by atoms with van der Waals surface area (Å²) in [6.45, 7) is 0.153. The Hall–Kier alpha value is -0.920. The Bertz CT molecular complexity index is 424. The van der Waals surface area contributed by atoms with Crippen LogP contribution in [0.2, 0.25) is 0 Å². The largest absolute Gasteiger partial charge is 0.389 e. The van der Waals surface area contributed by atoms with E-state index in [9.17, 15) is 15.0 Å². The van der Waals surface area contributed by atoms with Gasteiger partial charge in [-0.3, -0.25) is 4.79 Å². The predicted octanol–water partition coefficient (Wildman–Crippen LogP) is 0.653. The molecule has 19 heavy (non-hydrogen) atoms. The number of aliphatic hydroxyl groups excluding tert-OH is 2. The van der Waals surface area contributed by atoms with E-state index in [0.717, 1.165) is 11.8 Å². The second kappa shape index (κ2) is 6.49. The van der Waals surface area contributed by atoms with E-state index in [1.807, 2.05) is 6.07 Å². The van der Waals surface area contributed by atoms with Crippen molar-refractivity contribution in [3.63, 3.8) is 0 Å². The number of benzene rings is 1. The van der Waals surface area contributed by atoms with Crippen molar-refractivity contribution in [3.8, 4) is 0 Å². The van der Waals surface area contributed by atoms with Crippen LogP contribution in [0.5, 0.6) is 0 Å². The van der Waals surface area contributed by atoms with E-state index in [0.29, 0.717) is 5.56 Å². The molecular weight excluding hydrogens is 268 g/mol. The predicted molar refractivity (Wildman–Crippen MR) is 70.9 cm³/mol. The van der Waals surface area contributed by atoms with Gasteiger partial charge in [0.1, 0.15) is 6.10 Å². The monoisotopic (exact) mass is 284 g/mol. The minimum absolute atomic E-state index is 0.153. The molecule has 0 aromatic heterocycles. The average Bonchev–Trinajstić information content (AvgIpc) is 2.45. The third kappa shape index (κ3) is 3.34. The van der Waals surface area contributed by atoms with Crippen LogP contribution in [0.4, 0.5) is 0 Å². The molecule has 0 bridgehead atoms. The zero-order valence-corrected chi connectivity index (χ0v) is 11.2. The van der Waals surface area contributed by atoms with Gasteiger partial charge in [0.2, 0.25) is 5.12 Å². The van der Waals surface area contributed by atoms with Crippen LogP contribution < -0.4 is 0 Å². The van der Waals surface area contributed by atoms with Crippen LogP contribution in [0.3, 0.4) is 0 Å². The summed E-state index contributed by atoms with van der Waals surface area (Å²) in [4.78, 5) is 12.0. The Morgan fingerprint density at radius 2 is 2.00 bits per heavy atom. The number of methoxy groups -OCH3 is 1. The fourth-order valence-electron chi connectivity index (χ4n) is 1.86. The summed E-state index contributed by atoms with van der Waals surface area (Å²) >= 11 is 0.969. The van der Waals surface area contributed by atoms with Crippen molar-refractivity contribution in [1.82, 2.24) is 0 Å². The molecule has 1 aliphatic rings. The van der Waals surface area contributed by atoms with Crippen LogP contribution in [0.1, 0.15) is 10.4 Å². The molecule has 0 saturated carbocycles. The molecule has 2 rings (SSSR count). The van der Waals surface area contributed by atoms with Crippen molar-refractivity contribution in [2.24, 2.45) is 0 Å². The van der Waals surface area contributed by atoms with Gasteiger partial charge in [0.25, 0.3) is 0 Å². The first-order valence-corrected chi connectivity index (χ1v) is 6.78. The van der Waals surface area contributed by atoms with E-state index >= 15 is 0 Å². The second-order valence-electron chi connectivity index (χ2n) is 4.23. The third-order valence-electron chi connectivity index (χ3n) is 2.93. The summed E-state index contributed by atoms with van der Waals surface area (Å²) in [7, 11) is 1.39. The SMILES string of the molecule is CO[C@H]1OC[C@@H](SC(=O)c2ccccc2)[C@@H](O)[C@H]1O. The normalized spacial score (nSPS) is 31.1. The van der Waals surface area contributed by atoms with Gasteiger partial charge in [0.15, 0.2) is 6.29 Å². The Kier molecular flexibility index (Phi) is 4.95. The molecule has 1 aliphatic heterocycles. The molecule has 0 unspecified atom stereocenters. The van der Waals surface area contributed by atoms with Crippen LogP contribution in [-0.4, -0.2) is 52.8 Å². The quantitative estimate of drug-likeness (QED) is 0.849. The van der Waals surface area contributed by atoms with E-state index in [-0.39, 0.29) is 11.7 Å². The zero-order valence-electron chi connectivity index (χ0n) is 10.4. The third-order valence-corrected chi connectivity index (χ3v) is 4.10. The Balaban J connectivity index is 1.98. The Morgan fingerprint density at radius 1 is 1.32 bits per heavy atom. The molecule has 1 aromatic carbocycles. The number of carbonyl (C=O) groups excluding carboxylic acids is 1. The average molecular weight is 284 g/mol. The number of ether oxygens (including phenoxy) is 2. The molecule has 0 spiro atoms. The first-order valence-electron chi connectivity index (χ1n) is 5.90. The van der Waals surface area contributed by atoms with Crippen molar-refractivity contribution in [3.05, 3.63) is 35.9 Å². The molecule has 1 saturated heterocycles. The van der Waals surface area contributed by atoms with Gasteiger partial charge in [0, 0.05) is 12.7 Å².